The Morgan fingerprint density at radius 2 is 1.61 bits per heavy atom. The van der Waals surface area contributed by atoms with E-state index in [0.717, 1.165) is 22.8 Å². The maximum Gasteiger partial charge on any atom is 0.450 e. The summed E-state index contributed by atoms with van der Waals surface area (Å²) >= 11 is 5.09. The topological polar surface area (TPSA) is 41.9 Å². The first-order valence-electron chi connectivity index (χ1n) is 8.90. The molecule has 31 heavy (non-hydrogen) atoms. The van der Waals surface area contributed by atoms with Crippen LogP contribution in [0.15, 0.2) is 66.7 Å². The lowest BCUT2D eigenvalue weighted by Gasteiger charge is -2.14. The lowest BCUT2D eigenvalue weighted by molar-refractivity contribution is -0.145. The molecule has 0 saturated carbocycles. The number of anilines is 2. The van der Waals surface area contributed by atoms with Crippen LogP contribution in [0.5, 0.6) is 0 Å². The highest BCUT2D eigenvalue weighted by atomic mass is 32.1. The van der Waals surface area contributed by atoms with E-state index in [4.69, 9.17) is 12.2 Å². The van der Waals surface area contributed by atoms with Gasteiger partial charge in [0, 0.05) is 17.4 Å². The molecule has 0 unspecified atom stereocenters. The lowest BCUT2D eigenvalue weighted by Crippen LogP contribution is -2.20. The first kappa shape index (κ1) is 20.7. The van der Waals surface area contributed by atoms with Crippen LogP contribution in [-0.2, 0) is 6.18 Å². The van der Waals surface area contributed by atoms with Crippen molar-refractivity contribution >= 4 is 39.7 Å². The second-order valence-corrected chi connectivity index (χ2v) is 6.92. The Kier molecular flexibility index (Phi) is 5.32. The zero-order valence-electron chi connectivity index (χ0n) is 15.5. The number of nitrogens with one attached hydrogen (secondary N) is 2. The van der Waals surface area contributed by atoms with Gasteiger partial charge in [0.05, 0.1) is 16.7 Å². The first-order valence-corrected chi connectivity index (χ1v) is 9.31. The zero-order valence-corrected chi connectivity index (χ0v) is 16.4. The molecule has 0 aliphatic carbocycles. The highest BCUT2D eigenvalue weighted by Crippen LogP contribution is 2.34. The molecular weight excluding hydrogens is 435 g/mol. The zero-order chi connectivity index (χ0) is 22.2. The van der Waals surface area contributed by atoms with E-state index < -0.39 is 23.6 Å². The van der Waals surface area contributed by atoms with Crippen LogP contribution in [-0.4, -0.2) is 14.7 Å². The standard InChI is InChI=1S/C21H13F5N4S/c22-12-5-10-15(23)17(11-12)29-20(31)27-13-6-8-14(9-7-13)30-18-4-2-1-3-16(18)28-19(30)21(24,25)26/h1-11H,(H2,27,29,31). The van der Waals surface area contributed by atoms with Crippen molar-refractivity contribution in [1.82, 2.24) is 9.55 Å². The molecule has 0 fully saturated rings. The molecule has 0 saturated heterocycles. The van der Waals surface area contributed by atoms with E-state index in [1.165, 1.54) is 30.3 Å². The maximum atomic E-state index is 13.7. The molecule has 0 amide bonds. The van der Waals surface area contributed by atoms with Gasteiger partial charge in [-0.1, -0.05) is 12.1 Å². The molecule has 3 aromatic carbocycles. The Labute approximate surface area is 178 Å². The number of hydrogen-bond acceptors (Lipinski definition) is 2. The van der Waals surface area contributed by atoms with Crippen LogP contribution in [0.2, 0.25) is 0 Å². The van der Waals surface area contributed by atoms with Crippen molar-refractivity contribution in [2.24, 2.45) is 0 Å². The summed E-state index contributed by atoms with van der Waals surface area (Å²) in [6, 6.07) is 15.2. The molecule has 4 nitrogen and oxygen atoms in total. The van der Waals surface area contributed by atoms with Crippen molar-refractivity contribution < 1.29 is 22.0 Å². The molecule has 0 radical (unpaired) electrons. The van der Waals surface area contributed by atoms with Gasteiger partial charge in [0.2, 0.25) is 5.82 Å². The van der Waals surface area contributed by atoms with Crippen molar-refractivity contribution in [3.63, 3.8) is 0 Å². The van der Waals surface area contributed by atoms with Gasteiger partial charge in [0.25, 0.3) is 0 Å². The van der Waals surface area contributed by atoms with Crippen molar-refractivity contribution in [2.75, 3.05) is 10.6 Å². The van der Waals surface area contributed by atoms with Crippen LogP contribution in [0.4, 0.5) is 33.3 Å². The fourth-order valence-electron chi connectivity index (χ4n) is 3.05. The molecule has 4 rings (SSSR count). The van der Waals surface area contributed by atoms with Gasteiger partial charge in [-0.2, -0.15) is 13.2 Å². The third-order valence-electron chi connectivity index (χ3n) is 4.37. The van der Waals surface area contributed by atoms with Gasteiger partial charge in [-0.05, 0) is 60.7 Å². The molecule has 2 N–H and O–H groups in total. The minimum absolute atomic E-state index is 0.0127. The molecule has 158 valence electrons. The fourth-order valence-corrected chi connectivity index (χ4v) is 3.28. The van der Waals surface area contributed by atoms with Gasteiger partial charge in [0.15, 0.2) is 5.11 Å². The summed E-state index contributed by atoms with van der Waals surface area (Å²) in [6.07, 6.45) is -4.64. The molecular formula is C21H13F5N4S. The van der Waals surface area contributed by atoms with Gasteiger partial charge in [0.1, 0.15) is 11.6 Å². The summed E-state index contributed by atoms with van der Waals surface area (Å²) in [6.45, 7) is 0. The van der Waals surface area contributed by atoms with Crippen LogP contribution in [0.3, 0.4) is 0 Å². The number of benzene rings is 3. The fraction of sp³-hybridized carbons (Fsp3) is 0.0476. The predicted octanol–water partition coefficient (Wildman–Crippen LogP) is 6.13. The predicted molar refractivity (Wildman–Crippen MR) is 112 cm³/mol. The highest BCUT2D eigenvalue weighted by Gasteiger charge is 2.38. The van der Waals surface area contributed by atoms with Crippen LogP contribution >= 0.6 is 12.2 Å². The van der Waals surface area contributed by atoms with E-state index in [2.05, 4.69) is 15.6 Å². The minimum Gasteiger partial charge on any atom is -0.332 e. The number of fused-ring (bicyclic) bond motifs is 1. The summed E-state index contributed by atoms with van der Waals surface area (Å²) in [4.78, 5) is 3.72. The molecule has 10 heteroatoms. The Morgan fingerprint density at radius 3 is 2.32 bits per heavy atom. The van der Waals surface area contributed by atoms with E-state index in [0.29, 0.717) is 11.2 Å². The largest absolute Gasteiger partial charge is 0.450 e. The lowest BCUT2D eigenvalue weighted by atomic mass is 10.2. The Balaban J connectivity index is 1.59. The maximum absolute atomic E-state index is 13.7. The molecule has 4 aromatic rings. The number of alkyl halides is 3. The summed E-state index contributed by atoms with van der Waals surface area (Å²) in [7, 11) is 0. The van der Waals surface area contributed by atoms with Crippen molar-refractivity contribution in [3.05, 3.63) is 84.2 Å². The number of imidazole rings is 1. The monoisotopic (exact) mass is 448 g/mol. The number of rotatable bonds is 3. The second kappa shape index (κ2) is 7.95. The molecule has 0 bridgehead atoms. The van der Waals surface area contributed by atoms with E-state index >= 15 is 0 Å². The SMILES string of the molecule is Fc1ccc(F)c(NC(=S)Nc2ccc(-n3c(C(F)(F)F)nc4ccccc43)cc2)c1. The van der Waals surface area contributed by atoms with Crippen LogP contribution in [0, 0.1) is 11.6 Å². The minimum atomic E-state index is -4.64. The summed E-state index contributed by atoms with van der Waals surface area (Å²) in [5.74, 6) is -2.36. The third-order valence-corrected chi connectivity index (χ3v) is 4.58. The second-order valence-electron chi connectivity index (χ2n) is 6.51. The van der Waals surface area contributed by atoms with Crippen LogP contribution < -0.4 is 10.6 Å². The molecule has 1 heterocycles. The number of halogens is 5. The number of thiocarbonyl (C=S) groups is 1. The van der Waals surface area contributed by atoms with Gasteiger partial charge < -0.3 is 10.6 Å². The summed E-state index contributed by atoms with van der Waals surface area (Å²) in [5, 5.41) is 5.30. The van der Waals surface area contributed by atoms with Gasteiger partial charge in [-0.15, -0.1) is 0 Å². The van der Waals surface area contributed by atoms with E-state index in [1.807, 2.05) is 0 Å². The molecule has 0 aliphatic heterocycles. The average Bonchev–Trinajstić information content (AvgIpc) is 3.11. The van der Waals surface area contributed by atoms with Crippen LogP contribution in [0.25, 0.3) is 16.7 Å². The molecule has 0 aliphatic rings. The Morgan fingerprint density at radius 1 is 0.903 bits per heavy atom. The molecule has 1 aromatic heterocycles. The summed E-state index contributed by atoms with van der Waals surface area (Å²) in [5.41, 5.74) is 1.08. The summed E-state index contributed by atoms with van der Waals surface area (Å²) < 4.78 is 68.6. The molecule has 0 atom stereocenters. The Hall–Kier alpha value is -3.53. The van der Waals surface area contributed by atoms with E-state index in [1.54, 1.807) is 18.2 Å². The van der Waals surface area contributed by atoms with Gasteiger partial charge in [-0.3, -0.25) is 4.57 Å². The van der Waals surface area contributed by atoms with Crippen molar-refractivity contribution in [2.45, 2.75) is 6.18 Å². The molecule has 0 spiro atoms. The highest BCUT2D eigenvalue weighted by molar-refractivity contribution is 7.80. The first-order chi connectivity index (χ1) is 14.7. The van der Waals surface area contributed by atoms with Crippen molar-refractivity contribution in [1.29, 1.82) is 0 Å². The van der Waals surface area contributed by atoms with Crippen LogP contribution in [0.1, 0.15) is 5.82 Å². The number of nitrogens with zero attached hydrogens (tertiary/aromatic N) is 2. The average molecular weight is 448 g/mol. The van der Waals surface area contributed by atoms with E-state index in [-0.39, 0.29) is 22.0 Å². The smallest absolute Gasteiger partial charge is 0.332 e. The van der Waals surface area contributed by atoms with Gasteiger partial charge >= 0.3 is 6.18 Å². The number of para-hydroxylation sites is 2. The normalized spacial score (nSPS) is 11.5. The quantitative estimate of drug-likeness (QED) is 0.292. The number of aromatic nitrogens is 2. The van der Waals surface area contributed by atoms with Crippen molar-refractivity contribution in [3.8, 4) is 5.69 Å². The van der Waals surface area contributed by atoms with E-state index in [9.17, 15) is 22.0 Å². The van der Waals surface area contributed by atoms with Gasteiger partial charge in [-0.25, -0.2) is 13.8 Å². The third kappa shape index (κ3) is 4.33. The Bertz CT molecular complexity index is 1270. The number of hydrogen-bond donors (Lipinski definition) is 2.